The molecule has 0 spiro atoms. The topological polar surface area (TPSA) is 18.5 Å². The second-order valence-corrected chi connectivity index (χ2v) is 10.4. The zero-order chi connectivity index (χ0) is 31.1. The van der Waals surface area contributed by atoms with Crippen molar-refractivity contribution in [2.24, 2.45) is 0 Å². The molecule has 0 N–H and O–H groups in total. The molecule has 0 fully saturated rings. The second-order valence-electron chi connectivity index (χ2n) is 10.4. The second kappa shape index (κ2) is 14.3. The molecule has 0 aliphatic heterocycles. The molecule has 2 nitrogen and oxygen atoms in total. The van der Waals surface area contributed by atoms with Crippen molar-refractivity contribution in [2.45, 2.75) is 53.1 Å². The van der Waals surface area contributed by atoms with Gasteiger partial charge in [0.25, 0.3) is 0 Å². The first-order chi connectivity index (χ1) is 20.7. The van der Waals surface area contributed by atoms with Crippen LogP contribution in [0.2, 0.25) is 0 Å². The van der Waals surface area contributed by atoms with Gasteiger partial charge in [0.1, 0.15) is 12.4 Å². The Labute approximate surface area is 246 Å². The molecule has 8 heteroatoms. The Morgan fingerprint density at radius 1 is 0.628 bits per heavy atom. The Morgan fingerprint density at radius 2 is 1.28 bits per heavy atom. The number of hydrogen-bond acceptors (Lipinski definition) is 2. The predicted octanol–water partition coefficient (Wildman–Crippen LogP) is 11.2. The van der Waals surface area contributed by atoms with E-state index in [4.69, 9.17) is 4.74 Å². The number of ether oxygens (including phenoxy) is 1. The molecule has 0 aliphatic rings. The quantitative estimate of drug-likeness (QED) is 0.0727. The van der Waals surface area contributed by atoms with Crippen LogP contribution in [0, 0.1) is 37.1 Å². The molecule has 5 rings (SSSR count). The maximum Gasteiger partial charge on any atom is 0.198 e. The Bertz CT molecular complexity index is 1710. The van der Waals surface area contributed by atoms with Gasteiger partial charge in [-0.05, 0) is 101 Å². The number of benzene rings is 5. The third-order valence-corrected chi connectivity index (χ3v) is 7.25. The molecule has 0 radical (unpaired) electrons. The van der Waals surface area contributed by atoms with Crippen molar-refractivity contribution in [3.8, 4) is 22.6 Å². The van der Waals surface area contributed by atoms with Crippen molar-refractivity contribution >= 4 is 21.5 Å². The molecule has 0 atom stereocenters. The van der Waals surface area contributed by atoms with E-state index in [0.717, 1.165) is 53.3 Å². The lowest BCUT2D eigenvalue weighted by molar-refractivity contribution is -0.00605. The molecule has 0 bridgehead atoms. The minimum atomic E-state index is -1.94. The minimum Gasteiger partial charge on any atom is -0.494 e. The van der Waals surface area contributed by atoms with Crippen LogP contribution in [0.15, 0.2) is 66.7 Å². The van der Waals surface area contributed by atoms with Gasteiger partial charge in [-0.2, -0.15) is 0 Å². The highest BCUT2D eigenvalue weighted by Crippen LogP contribution is 2.33. The number of fused-ring (bicyclic) bond motifs is 2. The Morgan fingerprint density at radius 3 is 1.93 bits per heavy atom. The molecule has 0 aromatic heterocycles. The Balaban J connectivity index is 0.000000225. The fourth-order valence-electron chi connectivity index (χ4n) is 5.09. The normalized spacial score (nSPS) is 11.0. The highest BCUT2D eigenvalue weighted by Gasteiger charge is 2.20. The van der Waals surface area contributed by atoms with Gasteiger partial charge in [-0.15, -0.1) is 0 Å². The standard InChI is InChI=1S/C25H29FO.C10H3F5O/c1-4-5-6-7-12-27-24-13-18(2)25(19(3)14-24)23-11-10-21-15-20(17-26)8-9-22(21)16-23;11-7-5-2-1-4(16-15)3-6(5)8(12)10(14)9(7)13/h8-11,13-16H,4-7,12,17H2,1-3H3;1-3H. The van der Waals surface area contributed by atoms with Crippen molar-refractivity contribution in [1.29, 1.82) is 0 Å². The van der Waals surface area contributed by atoms with Gasteiger partial charge >= 0.3 is 0 Å². The van der Waals surface area contributed by atoms with Gasteiger partial charge in [-0.3, -0.25) is 4.94 Å². The molecule has 0 saturated carbocycles. The van der Waals surface area contributed by atoms with Gasteiger partial charge in [-0.1, -0.05) is 50.5 Å². The Kier molecular flexibility index (Phi) is 10.6. The first kappa shape index (κ1) is 31.7. The third-order valence-electron chi connectivity index (χ3n) is 7.25. The van der Waals surface area contributed by atoms with E-state index in [0.29, 0.717) is 0 Å². The molecule has 226 valence electrons. The zero-order valence-corrected chi connectivity index (χ0v) is 24.2. The maximum absolute atomic E-state index is 13.2. The van der Waals surface area contributed by atoms with E-state index in [2.05, 4.69) is 56.0 Å². The van der Waals surface area contributed by atoms with Crippen LogP contribution >= 0.6 is 0 Å². The number of hydrogen-bond donors (Lipinski definition) is 0. The molecular formula is C35H32F6O2. The summed E-state index contributed by atoms with van der Waals surface area (Å²) < 4.78 is 82.6. The van der Waals surface area contributed by atoms with E-state index in [-0.39, 0.29) is 0 Å². The van der Waals surface area contributed by atoms with Crippen LogP contribution in [0.4, 0.5) is 26.5 Å². The van der Waals surface area contributed by atoms with Gasteiger partial charge in [-0.25, -0.2) is 22.0 Å². The highest BCUT2D eigenvalue weighted by molar-refractivity contribution is 5.89. The summed E-state index contributed by atoms with van der Waals surface area (Å²) in [7, 11) is 0. The molecule has 0 unspecified atom stereocenters. The van der Waals surface area contributed by atoms with E-state index in [1.54, 1.807) is 0 Å². The van der Waals surface area contributed by atoms with Crippen molar-refractivity contribution in [1.82, 2.24) is 0 Å². The van der Waals surface area contributed by atoms with Gasteiger partial charge < -0.3 is 4.74 Å². The Hall–Kier alpha value is -4.20. The van der Waals surface area contributed by atoms with Crippen LogP contribution in [0.5, 0.6) is 11.5 Å². The predicted molar refractivity (Wildman–Crippen MR) is 159 cm³/mol. The van der Waals surface area contributed by atoms with E-state index in [1.807, 2.05) is 18.2 Å². The molecule has 0 saturated heterocycles. The molecular weight excluding hydrogens is 566 g/mol. The van der Waals surface area contributed by atoms with Crippen LogP contribution < -0.4 is 9.68 Å². The van der Waals surface area contributed by atoms with Crippen LogP contribution in [-0.2, 0) is 6.67 Å². The van der Waals surface area contributed by atoms with E-state index in [1.165, 1.54) is 41.5 Å². The number of alkyl halides is 1. The largest absolute Gasteiger partial charge is 0.494 e. The maximum atomic E-state index is 13.2. The van der Waals surface area contributed by atoms with Crippen molar-refractivity contribution in [2.75, 3.05) is 6.61 Å². The summed E-state index contributed by atoms with van der Waals surface area (Å²) in [4.78, 5) is 3.28. The molecule has 0 aliphatic carbocycles. The van der Waals surface area contributed by atoms with Crippen LogP contribution in [0.3, 0.4) is 0 Å². The van der Waals surface area contributed by atoms with Crippen LogP contribution in [-0.4, -0.2) is 6.61 Å². The summed E-state index contributed by atoms with van der Waals surface area (Å²) in [6.45, 7) is 6.87. The molecule has 5 aromatic carbocycles. The lowest BCUT2D eigenvalue weighted by Crippen LogP contribution is -1.99. The average molecular weight is 599 g/mol. The number of unbranched alkanes of at least 4 members (excludes halogenated alkanes) is 3. The monoisotopic (exact) mass is 598 g/mol. The summed E-state index contributed by atoms with van der Waals surface area (Å²) in [5.74, 6) is -6.44. The zero-order valence-electron chi connectivity index (χ0n) is 24.2. The molecule has 0 amide bonds. The fraction of sp³-hybridized carbons (Fsp3) is 0.257. The average Bonchev–Trinajstić information content (AvgIpc) is 3.02. The highest BCUT2D eigenvalue weighted by atomic mass is 19.3. The van der Waals surface area contributed by atoms with Gasteiger partial charge in [0.2, 0.25) is 0 Å². The van der Waals surface area contributed by atoms with Crippen molar-refractivity contribution in [3.63, 3.8) is 0 Å². The van der Waals surface area contributed by atoms with Crippen molar-refractivity contribution < 1.29 is 36.2 Å². The number of halogens is 6. The third kappa shape index (κ3) is 7.24. The molecule has 0 heterocycles. The number of aryl methyl sites for hydroxylation is 2. The molecule has 43 heavy (non-hydrogen) atoms. The van der Waals surface area contributed by atoms with E-state index >= 15 is 0 Å². The van der Waals surface area contributed by atoms with Gasteiger partial charge in [0.15, 0.2) is 29.0 Å². The van der Waals surface area contributed by atoms with E-state index in [9.17, 15) is 26.5 Å². The number of rotatable bonds is 9. The lowest BCUT2D eigenvalue weighted by Gasteiger charge is -2.15. The summed E-state index contributed by atoms with van der Waals surface area (Å²) in [6, 6.07) is 19.1. The first-order valence-corrected chi connectivity index (χ1v) is 14.1. The summed E-state index contributed by atoms with van der Waals surface area (Å²) in [6.07, 6.45) is 4.86. The fourth-order valence-corrected chi connectivity index (χ4v) is 5.09. The van der Waals surface area contributed by atoms with Gasteiger partial charge in [0, 0.05) is 15.3 Å². The minimum absolute atomic E-state index is 0.421. The first-order valence-electron chi connectivity index (χ1n) is 14.1. The molecule has 5 aromatic rings. The van der Waals surface area contributed by atoms with Crippen LogP contribution in [0.1, 0.15) is 49.3 Å². The van der Waals surface area contributed by atoms with Crippen LogP contribution in [0.25, 0.3) is 32.7 Å². The van der Waals surface area contributed by atoms with Crippen molar-refractivity contribution in [3.05, 3.63) is 107 Å². The summed E-state index contributed by atoms with van der Waals surface area (Å²) in [5.41, 5.74) is 5.62. The summed E-state index contributed by atoms with van der Waals surface area (Å²) in [5, 5.41) is 1.14. The smallest absolute Gasteiger partial charge is 0.198 e. The van der Waals surface area contributed by atoms with Gasteiger partial charge in [0.05, 0.1) is 6.61 Å². The SMILES string of the molecule is CCCCCCOc1cc(C)c(-c2ccc3cc(CF)ccc3c2)c(C)c1.FOc1ccc2c(F)c(F)c(F)c(F)c2c1. The summed E-state index contributed by atoms with van der Waals surface area (Å²) >= 11 is 0. The lowest BCUT2D eigenvalue weighted by atomic mass is 9.93. The van der Waals surface area contributed by atoms with E-state index < -0.39 is 46.5 Å².